The van der Waals surface area contributed by atoms with Gasteiger partial charge in [-0.3, -0.25) is 4.79 Å². The van der Waals surface area contributed by atoms with E-state index < -0.39 is 0 Å². The first-order valence-electron chi connectivity index (χ1n) is 4.19. The van der Waals surface area contributed by atoms with Crippen LogP contribution in [0.5, 0.6) is 0 Å². The number of amides is 1. The average molecular weight is 234 g/mol. The summed E-state index contributed by atoms with van der Waals surface area (Å²) >= 11 is 3.18. The van der Waals surface area contributed by atoms with E-state index in [-0.39, 0.29) is 11.8 Å². The van der Waals surface area contributed by atoms with Crippen LogP contribution in [0, 0.1) is 5.92 Å². The van der Waals surface area contributed by atoms with E-state index in [0.717, 1.165) is 17.3 Å². The lowest BCUT2D eigenvalue weighted by Crippen LogP contribution is -2.29. The van der Waals surface area contributed by atoms with Crippen LogP contribution in [0.15, 0.2) is 11.1 Å². The Morgan fingerprint density at radius 1 is 1.67 bits per heavy atom. The second-order valence-corrected chi connectivity index (χ2v) is 4.05. The molecule has 1 N–H and O–H groups in total. The Balaban J connectivity index is 3.64. The lowest BCUT2D eigenvalue weighted by atomic mass is 10.1. The predicted molar refractivity (Wildman–Crippen MR) is 55.1 cm³/mol. The first kappa shape index (κ1) is 11.7. The summed E-state index contributed by atoms with van der Waals surface area (Å²) in [7, 11) is 0. The monoisotopic (exact) mass is 233 g/mol. The van der Waals surface area contributed by atoms with Gasteiger partial charge in [0.1, 0.15) is 0 Å². The zero-order valence-corrected chi connectivity index (χ0v) is 9.28. The molecule has 3 heteroatoms. The molecule has 0 aromatic rings. The molecule has 12 heavy (non-hydrogen) atoms. The van der Waals surface area contributed by atoms with E-state index >= 15 is 0 Å². The van der Waals surface area contributed by atoms with Crippen molar-refractivity contribution in [1.82, 2.24) is 5.32 Å². The van der Waals surface area contributed by atoms with Crippen LogP contribution >= 0.6 is 15.9 Å². The fraction of sp³-hybridized carbons (Fsp3) is 0.667. The van der Waals surface area contributed by atoms with Gasteiger partial charge in [-0.05, 0) is 6.42 Å². The normalized spacial score (nSPS) is 12.2. The van der Waals surface area contributed by atoms with Gasteiger partial charge in [0.25, 0.3) is 0 Å². The third kappa shape index (κ3) is 5.35. The zero-order chi connectivity index (χ0) is 9.56. The van der Waals surface area contributed by atoms with Crippen molar-refractivity contribution < 1.29 is 4.79 Å². The van der Waals surface area contributed by atoms with Gasteiger partial charge < -0.3 is 5.32 Å². The molecule has 0 saturated heterocycles. The number of carbonyl (C=O) groups excluding carboxylic acids is 1. The summed E-state index contributed by atoms with van der Waals surface area (Å²) in [5.74, 6) is 0.222. The van der Waals surface area contributed by atoms with Crippen LogP contribution in [0.4, 0.5) is 0 Å². The molecule has 1 amide bonds. The fourth-order valence-corrected chi connectivity index (χ4v) is 1.06. The number of hydrogen-bond acceptors (Lipinski definition) is 1. The number of halogens is 1. The van der Waals surface area contributed by atoms with Gasteiger partial charge >= 0.3 is 0 Å². The lowest BCUT2D eigenvalue weighted by molar-refractivity contribution is -0.124. The second-order valence-electron chi connectivity index (χ2n) is 2.92. The van der Waals surface area contributed by atoms with Crippen LogP contribution in [0.2, 0.25) is 0 Å². The fourth-order valence-electron chi connectivity index (χ4n) is 0.921. The average Bonchev–Trinajstić information content (AvgIpc) is 2.00. The van der Waals surface area contributed by atoms with Gasteiger partial charge in [0, 0.05) is 16.9 Å². The molecule has 0 aliphatic carbocycles. The Hall–Kier alpha value is -0.310. The molecule has 1 unspecified atom stereocenters. The predicted octanol–water partition coefficient (Wildman–Crippen LogP) is 2.45. The molecule has 0 bridgehead atoms. The molecule has 1 atom stereocenters. The first-order chi connectivity index (χ1) is 5.57. The minimum absolute atomic E-state index is 0.109. The largest absolute Gasteiger partial charge is 0.351 e. The maximum absolute atomic E-state index is 11.3. The van der Waals surface area contributed by atoms with Crippen molar-refractivity contribution >= 4 is 21.8 Å². The standard InChI is InChI=1S/C9H16BrNO/c1-4-5-7(2)9(12)11-6-8(3)10/h7H,3-6H2,1-2H3,(H,11,12). The summed E-state index contributed by atoms with van der Waals surface area (Å²) in [6.07, 6.45) is 1.99. The van der Waals surface area contributed by atoms with Gasteiger partial charge in [0.15, 0.2) is 0 Å². The van der Waals surface area contributed by atoms with Crippen molar-refractivity contribution in [3.05, 3.63) is 11.1 Å². The van der Waals surface area contributed by atoms with Gasteiger partial charge in [-0.1, -0.05) is 42.8 Å². The van der Waals surface area contributed by atoms with Crippen LogP contribution in [0.25, 0.3) is 0 Å². The minimum Gasteiger partial charge on any atom is -0.351 e. The number of carbonyl (C=O) groups is 1. The molecule has 0 fully saturated rings. The molecule has 2 nitrogen and oxygen atoms in total. The Morgan fingerprint density at radius 3 is 2.67 bits per heavy atom. The molecule has 0 spiro atoms. The van der Waals surface area contributed by atoms with E-state index in [1.54, 1.807) is 0 Å². The summed E-state index contributed by atoms with van der Waals surface area (Å²) in [5, 5.41) is 2.78. The maximum Gasteiger partial charge on any atom is 0.223 e. The smallest absolute Gasteiger partial charge is 0.223 e. The summed E-state index contributed by atoms with van der Waals surface area (Å²) < 4.78 is 0.805. The molecule has 0 rings (SSSR count). The molecule has 70 valence electrons. The van der Waals surface area contributed by atoms with Gasteiger partial charge in [0.2, 0.25) is 5.91 Å². The highest BCUT2D eigenvalue weighted by molar-refractivity contribution is 9.11. The van der Waals surface area contributed by atoms with Crippen molar-refractivity contribution in [3.8, 4) is 0 Å². The summed E-state index contributed by atoms with van der Waals surface area (Å²) in [5.41, 5.74) is 0. The second kappa shape index (κ2) is 6.23. The Kier molecular flexibility index (Phi) is 6.07. The van der Waals surface area contributed by atoms with Crippen LogP contribution in [0.1, 0.15) is 26.7 Å². The molecule has 0 heterocycles. The number of hydrogen-bond donors (Lipinski definition) is 1. The van der Waals surface area contributed by atoms with Crippen LogP contribution in [-0.2, 0) is 4.79 Å². The van der Waals surface area contributed by atoms with Crippen molar-refractivity contribution in [2.75, 3.05) is 6.54 Å². The highest BCUT2D eigenvalue weighted by Gasteiger charge is 2.10. The van der Waals surface area contributed by atoms with Crippen LogP contribution in [0.3, 0.4) is 0 Å². The topological polar surface area (TPSA) is 29.1 Å². The molecule has 0 aliphatic heterocycles. The van der Waals surface area contributed by atoms with Gasteiger partial charge in [-0.25, -0.2) is 0 Å². The Labute approximate surface area is 82.5 Å². The van der Waals surface area contributed by atoms with Gasteiger partial charge in [-0.15, -0.1) is 0 Å². The molecular weight excluding hydrogens is 218 g/mol. The van der Waals surface area contributed by atoms with E-state index in [2.05, 4.69) is 34.7 Å². The first-order valence-corrected chi connectivity index (χ1v) is 4.98. The van der Waals surface area contributed by atoms with E-state index in [1.807, 2.05) is 6.92 Å². The quantitative estimate of drug-likeness (QED) is 0.777. The molecule has 0 radical (unpaired) electrons. The van der Waals surface area contributed by atoms with E-state index in [1.165, 1.54) is 0 Å². The van der Waals surface area contributed by atoms with Crippen LogP contribution in [-0.4, -0.2) is 12.5 Å². The van der Waals surface area contributed by atoms with E-state index in [0.29, 0.717) is 6.54 Å². The zero-order valence-electron chi connectivity index (χ0n) is 7.69. The molecule has 0 aromatic carbocycles. The van der Waals surface area contributed by atoms with Crippen molar-refractivity contribution in [2.24, 2.45) is 5.92 Å². The SMILES string of the molecule is C=C(Br)CNC(=O)C(C)CCC. The Bertz CT molecular complexity index is 168. The maximum atomic E-state index is 11.3. The molecule has 0 aromatic heterocycles. The van der Waals surface area contributed by atoms with Crippen molar-refractivity contribution in [2.45, 2.75) is 26.7 Å². The van der Waals surface area contributed by atoms with Gasteiger partial charge in [-0.2, -0.15) is 0 Å². The van der Waals surface area contributed by atoms with E-state index in [4.69, 9.17) is 0 Å². The number of nitrogens with one attached hydrogen (secondary N) is 1. The summed E-state index contributed by atoms with van der Waals surface area (Å²) in [6.45, 7) is 8.17. The van der Waals surface area contributed by atoms with Crippen LogP contribution < -0.4 is 5.32 Å². The van der Waals surface area contributed by atoms with Crippen molar-refractivity contribution in [1.29, 1.82) is 0 Å². The highest BCUT2D eigenvalue weighted by Crippen LogP contribution is 2.05. The molecule has 0 saturated carbocycles. The number of rotatable bonds is 5. The third-order valence-corrected chi connectivity index (χ3v) is 1.90. The third-order valence-electron chi connectivity index (χ3n) is 1.62. The molecule has 0 aliphatic rings. The van der Waals surface area contributed by atoms with Gasteiger partial charge in [0.05, 0.1) is 0 Å². The molecular formula is C9H16BrNO. The summed E-state index contributed by atoms with van der Waals surface area (Å²) in [6, 6.07) is 0. The summed E-state index contributed by atoms with van der Waals surface area (Å²) in [4.78, 5) is 11.3. The highest BCUT2D eigenvalue weighted by atomic mass is 79.9. The lowest BCUT2D eigenvalue weighted by Gasteiger charge is -2.09. The Morgan fingerprint density at radius 2 is 2.25 bits per heavy atom. The minimum atomic E-state index is 0.109. The van der Waals surface area contributed by atoms with Crippen molar-refractivity contribution in [3.63, 3.8) is 0 Å². The van der Waals surface area contributed by atoms with E-state index in [9.17, 15) is 4.79 Å².